The second kappa shape index (κ2) is 6.84. The summed E-state index contributed by atoms with van der Waals surface area (Å²) in [6, 6.07) is 9.94. The number of benzene rings is 1. The second-order valence-corrected chi connectivity index (χ2v) is 6.10. The van der Waals surface area contributed by atoms with E-state index in [0.717, 1.165) is 37.3 Å². The highest BCUT2D eigenvalue weighted by Gasteiger charge is 2.23. The van der Waals surface area contributed by atoms with Crippen LogP contribution >= 0.6 is 11.6 Å². The van der Waals surface area contributed by atoms with E-state index in [0.29, 0.717) is 16.5 Å². The highest BCUT2D eigenvalue weighted by Crippen LogP contribution is 2.29. The van der Waals surface area contributed by atoms with Crippen LogP contribution in [0.3, 0.4) is 0 Å². The molecule has 118 valence electrons. The van der Waals surface area contributed by atoms with Gasteiger partial charge >= 0.3 is 0 Å². The maximum absolute atomic E-state index is 9.36. The summed E-state index contributed by atoms with van der Waals surface area (Å²) in [5, 5.41) is 13.3. The molecule has 6 heteroatoms. The molecular formula is C17H18ClN5. The van der Waals surface area contributed by atoms with Crippen LogP contribution in [0.2, 0.25) is 5.02 Å². The van der Waals surface area contributed by atoms with E-state index in [2.05, 4.69) is 26.3 Å². The highest BCUT2D eigenvalue weighted by molar-refractivity contribution is 6.32. The van der Waals surface area contributed by atoms with Crippen molar-refractivity contribution >= 4 is 23.2 Å². The lowest BCUT2D eigenvalue weighted by Crippen LogP contribution is -2.42. The quantitative estimate of drug-likeness (QED) is 0.936. The number of nitrogens with zero attached hydrogens (tertiary/aromatic N) is 4. The summed E-state index contributed by atoms with van der Waals surface area (Å²) in [4.78, 5) is 10.9. The van der Waals surface area contributed by atoms with Crippen molar-refractivity contribution in [3.8, 4) is 6.07 Å². The molecule has 1 aromatic carbocycles. The number of hydrogen-bond donors (Lipinski definition) is 1. The first-order valence-electron chi connectivity index (χ1n) is 7.67. The third-order valence-corrected chi connectivity index (χ3v) is 4.31. The van der Waals surface area contributed by atoms with Gasteiger partial charge in [-0.25, -0.2) is 9.97 Å². The molecule has 0 aliphatic carbocycles. The van der Waals surface area contributed by atoms with E-state index >= 15 is 0 Å². The standard InChI is InChI=1S/C17H18ClN5/c1-12-7-8-20-17(21-12)22-13-4-3-9-23(11-13)16-6-2-5-15(18)14(16)10-19/h2,5-8,13H,3-4,9,11H2,1H3,(H,20,21,22). The van der Waals surface area contributed by atoms with Crippen LogP contribution in [-0.4, -0.2) is 29.1 Å². The molecule has 1 aliphatic rings. The fourth-order valence-corrected chi connectivity index (χ4v) is 3.11. The van der Waals surface area contributed by atoms with Crippen molar-refractivity contribution in [1.29, 1.82) is 5.26 Å². The number of rotatable bonds is 3. The average Bonchev–Trinajstić information content (AvgIpc) is 2.55. The summed E-state index contributed by atoms with van der Waals surface area (Å²) in [5.74, 6) is 0.656. The predicted molar refractivity (Wildman–Crippen MR) is 91.8 cm³/mol. The summed E-state index contributed by atoms with van der Waals surface area (Å²) in [5.41, 5.74) is 2.38. The van der Waals surface area contributed by atoms with Gasteiger partial charge in [-0.05, 0) is 38.0 Å². The average molecular weight is 328 g/mol. The van der Waals surface area contributed by atoms with Gasteiger partial charge in [-0.3, -0.25) is 0 Å². The number of halogens is 1. The molecule has 1 N–H and O–H groups in total. The first kappa shape index (κ1) is 15.6. The molecular weight excluding hydrogens is 310 g/mol. The van der Waals surface area contributed by atoms with E-state index in [1.807, 2.05) is 25.1 Å². The Morgan fingerprint density at radius 1 is 1.39 bits per heavy atom. The second-order valence-electron chi connectivity index (χ2n) is 5.70. The minimum Gasteiger partial charge on any atom is -0.368 e. The summed E-state index contributed by atoms with van der Waals surface area (Å²) < 4.78 is 0. The van der Waals surface area contributed by atoms with Crippen LogP contribution in [0.15, 0.2) is 30.5 Å². The van der Waals surface area contributed by atoms with Gasteiger partial charge in [-0.1, -0.05) is 17.7 Å². The van der Waals surface area contributed by atoms with Gasteiger partial charge in [-0.15, -0.1) is 0 Å². The molecule has 0 amide bonds. The van der Waals surface area contributed by atoms with Gasteiger partial charge in [0.15, 0.2) is 0 Å². The normalized spacial score (nSPS) is 17.6. The Morgan fingerprint density at radius 2 is 2.26 bits per heavy atom. The molecule has 1 aliphatic heterocycles. The fourth-order valence-electron chi connectivity index (χ4n) is 2.90. The Hall–Kier alpha value is -2.32. The van der Waals surface area contributed by atoms with Crippen LogP contribution in [0, 0.1) is 18.3 Å². The Labute approximate surface area is 140 Å². The summed E-state index contributed by atoms with van der Waals surface area (Å²) >= 11 is 6.15. The van der Waals surface area contributed by atoms with E-state index in [1.54, 1.807) is 12.3 Å². The molecule has 5 nitrogen and oxygen atoms in total. The minimum atomic E-state index is 0.246. The lowest BCUT2D eigenvalue weighted by molar-refractivity contribution is 0.527. The fraction of sp³-hybridized carbons (Fsp3) is 0.353. The third-order valence-electron chi connectivity index (χ3n) is 3.99. The maximum Gasteiger partial charge on any atom is 0.223 e. The molecule has 2 heterocycles. The molecule has 0 bridgehead atoms. The smallest absolute Gasteiger partial charge is 0.223 e. The van der Waals surface area contributed by atoms with E-state index in [9.17, 15) is 5.26 Å². The van der Waals surface area contributed by atoms with Gasteiger partial charge < -0.3 is 10.2 Å². The number of anilines is 2. The molecule has 23 heavy (non-hydrogen) atoms. The summed E-state index contributed by atoms with van der Waals surface area (Å²) in [6.07, 6.45) is 3.85. The first-order valence-corrected chi connectivity index (χ1v) is 8.05. The van der Waals surface area contributed by atoms with Crippen LogP contribution in [0.5, 0.6) is 0 Å². The number of piperidine rings is 1. The number of hydrogen-bond acceptors (Lipinski definition) is 5. The molecule has 0 saturated carbocycles. The largest absolute Gasteiger partial charge is 0.368 e. The van der Waals surface area contributed by atoms with Gasteiger partial charge in [0.1, 0.15) is 6.07 Å². The van der Waals surface area contributed by atoms with Gasteiger partial charge in [0.2, 0.25) is 5.95 Å². The van der Waals surface area contributed by atoms with Crippen molar-refractivity contribution in [1.82, 2.24) is 9.97 Å². The lowest BCUT2D eigenvalue weighted by Gasteiger charge is -2.35. The van der Waals surface area contributed by atoms with Gasteiger partial charge in [0.25, 0.3) is 0 Å². The zero-order valence-corrected chi connectivity index (χ0v) is 13.7. The van der Waals surface area contributed by atoms with E-state index in [1.165, 1.54) is 0 Å². The molecule has 0 spiro atoms. The molecule has 1 saturated heterocycles. The Bertz CT molecular complexity index is 740. The number of aryl methyl sites for hydroxylation is 1. The number of nitrogens with one attached hydrogen (secondary N) is 1. The zero-order chi connectivity index (χ0) is 16.2. The topological polar surface area (TPSA) is 64.8 Å². The molecule has 1 aromatic heterocycles. The van der Waals surface area contributed by atoms with Crippen molar-refractivity contribution in [2.75, 3.05) is 23.3 Å². The van der Waals surface area contributed by atoms with Gasteiger partial charge in [-0.2, -0.15) is 5.26 Å². The first-order chi connectivity index (χ1) is 11.2. The van der Waals surface area contributed by atoms with Crippen molar-refractivity contribution in [2.45, 2.75) is 25.8 Å². The minimum absolute atomic E-state index is 0.246. The summed E-state index contributed by atoms with van der Waals surface area (Å²) in [7, 11) is 0. The van der Waals surface area contributed by atoms with Crippen LogP contribution in [-0.2, 0) is 0 Å². The van der Waals surface area contributed by atoms with Crippen molar-refractivity contribution in [3.05, 3.63) is 46.7 Å². The van der Waals surface area contributed by atoms with Crippen molar-refractivity contribution in [3.63, 3.8) is 0 Å². The van der Waals surface area contributed by atoms with Crippen LogP contribution < -0.4 is 10.2 Å². The predicted octanol–water partition coefficient (Wildman–Crippen LogP) is 3.39. The van der Waals surface area contributed by atoms with Crippen LogP contribution in [0.1, 0.15) is 24.1 Å². The molecule has 3 rings (SSSR count). The molecule has 1 fully saturated rings. The molecule has 2 aromatic rings. The van der Waals surface area contributed by atoms with Crippen molar-refractivity contribution < 1.29 is 0 Å². The van der Waals surface area contributed by atoms with Crippen molar-refractivity contribution in [2.24, 2.45) is 0 Å². The molecule has 1 atom stereocenters. The third kappa shape index (κ3) is 3.54. The van der Waals surface area contributed by atoms with E-state index in [-0.39, 0.29) is 6.04 Å². The Balaban J connectivity index is 1.76. The van der Waals surface area contributed by atoms with Gasteiger partial charge in [0, 0.05) is 31.0 Å². The lowest BCUT2D eigenvalue weighted by atomic mass is 10.0. The van der Waals surface area contributed by atoms with E-state index in [4.69, 9.17) is 11.6 Å². The Morgan fingerprint density at radius 3 is 3.04 bits per heavy atom. The Kier molecular flexibility index (Phi) is 4.63. The monoisotopic (exact) mass is 327 g/mol. The maximum atomic E-state index is 9.36. The number of aromatic nitrogens is 2. The summed E-state index contributed by atoms with van der Waals surface area (Å²) in [6.45, 7) is 3.67. The SMILES string of the molecule is Cc1ccnc(NC2CCCN(c3cccc(Cl)c3C#N)C2)n1. The number of nitriles is 1. The van der Waals surface area contributed by atoms with E-state index < -0.39 is 0 Å². The molecule has 1 unspecified atom stereocenters. The van der Waals surface area contributed by atoms with Crippen LogP contribution in [0.25, 0.3) is 0 Å². The van der Waals surface area contributed by atoms with Gasteiger partial charge in [0.05, 0.1) is 16.3 Å². The van der Waals surface area contributed by atoms with Crippen LogP contribution in [0.4, 0.5) is 11.6 Å². The highest BCUT2D eigenvalue weighted by atomic mass is 35.5. The zero-order valence-electron chi connectivity index (χ0n) is 13.0. The molecule has 0 radical (unpaired) electrons.